The smallest absolute Gasteiger partial charge is 0.276 e. The third kappa shape index (κ3) is 3.64. The molecule has 3 heterocycles. The Hall–Kier alpha value is -2.08. The van der Waals surface area contributed by atoms with Crippen LogP contribution in [0.5, 0.6) is 0 Å². The van der Waals surface area contributed by atoms with Gasteiger partial charge in [-0.2, -0.15) is 0 Å². The van der Waals surface area contributed by atoms with E-state index in [0.717, 1.165) is 25.7 Å². The number of rotatable bonds is 4. The van der Waals surface area contributed by atoms with Crippen molar-refractivity contribution in [1.82, 2.24) is 10.1 Å². The van der Waals surface area contributed by atoms with Crippen LogP contribution in [0.1, 0.15) is 60.2 Å². The van der Waals surface area contributed by atoms with Crippen molar-refractivity contribution in [2.24, 2.45) is 0 Å². The van der Waals surface area contributed by atoms with Gasteiger partial charge in [-0.05, 0) is 31.9 Å². The van der Waals surface area contributed by atoms with E-state index in [1.54, 1.807) is 31.4 Å². The Morgan fingerprint density at radius 1 is 1.48 bits per heavy atom. The highest BCUT2D eigenvalue weighted by Gasteiger charge is 2.30. The van der Waals surface area contributed by atoms with Crippen LogP contribution in [0.4, 0.5) is 0 Å². The Labute approximate surface area is 135 Å². The van der Waals surface area contributed by atoms with E-state index >= 15 is 0 Å². The van der Waals surface area contributed by atoms with Crippen LogP contribution in [0, 0.1) is 6.92 Å². The molecule has 6 heteroatoms. The summed E-state index contributed by atoms with van der Waals surface area (Å²) in [5, 5.41) is 14.2. The molecular formula is C17H22N2O4. The fraction of sp³-hybridized carbons (Fsp3) is 0.529. The molecule has 6 nitrogen and oxygen atoms in total. The van der Waals surface area contributed by atoms with Crippen LogP contribution >= 0.6 is 0 Å². The zero-order valence-corrected chi connectivity index (χ0v) is 13.3. The van der Waals surface area contributed by atoms with E-state index in [1.165, 1.54) is 0 Å². The summed E-state index contributed by atoms with van der Waals surface area (Å²) < 4.78 is 10.3. The quantitative estimate of drug-likeness (QED) is 0.937. The number of aliphatic hydroxyl groups is 1. The predicted molar refractivity (Wildman–Crippen MR) is 82.8 cm³/mol. The van der Waals surface area contributed by atoms with Gasteiger partial charge in [0.15, 0.2) is 5.69 Å². The number of hydrogen-bond donors (Lipinski definition) is 1. The van der Waals surface area contributed by atoms with Crippen LogP contribution in [0.2, 0.25) is 0 Å². The van der Waals surface area contributed by atoms with E-state index in [0.29, 0.717) is 30.2 Å². The summed E-state index contributed by atoms with van der Waals surface area (Å²) in [5.74, 6) is 1.04. The fourth-order valence-electron chi connectivity index (χ4n) is 3.16. The van der Waals surface area contributed by atoms with Crippen LogP contribution < -0.4 is 0 Å². The maximum Gasteiger partial charge on any atom is 0.276 e. The van der Waals surface area contributed by atoms with Crippen LogP contribution in [-0.4, -0.2) is 33.7 Å². The number of carbonyl (C=O) groups is 1. The number of likely N-dealkylation sites (tertiary alicyclic amines) is 1. The Morgan fingerprint density at radius 3 is 3.04 bits per heavy atom. The molecule has 1 fully saturated rings. The number of carbonyl (C=O) groups excluding carboxylic acids is 1. The molecule has 2 aromatic heterocycles. The Morgan fingerprint density at radius 2 is 2.35 bits per heavy atom. The maximum absolute atomic E-state index is 12.7. The SMILES string of the molecule is Cc1cc(C(=O)N2CCCCCC2CC(O)c2ccco2)no1. The molecule has 1 saturated heterocycles. The number of amides is 1. The summed E-state index contributed by atoms with van der Waals surface area (Å²) >= 11 is 0. The fourth-order valence-corrected chi connectivity index (χ4v) is 3.16. The summed E-state index contributed by atoms with van der Waals surface area (Å²) in [6.07, 6.45) is 5.30. The first kappa shape index (κ1) is 15.8. The van der Waals surface area contributed by atoms with Gasteiger partial charge >= 0.3 is 0 Å². The molecule has 1 aliphatic heterocycles. The number of aromatic nitrogens is 1. The van der Waals surface area contributed by atoms with Crippen molar-refractivity contribution < 1.29 is 18.8 Å². The topological polar surface area (TPSA) is 79.7 Å². The number of aryl methyl sites for hydroxylation is 1. The third-order valence-corrected chi connectivity index (χ3v) is 4.35. The zero-order valence-electron chi connectivity index (χ0n) is 13.3. The Bertz CT molecular complexity index is 635. The van der Waals surface area contributed by atoms with Crippen molar-refractivity contribution in [2.75, 3.05) is 6.54 Å². The minimum Gasteiger partial charge on any atom is -0.467 e. The Kier molecular flexibility index (Phi) is 4.81. The van der Waals surface area contributed by atoms with Gasteiger partial charge in [-0.1, -0.05) is 18.0 Å². The first-order valence-corrected chi connectivity index (χ1v) is 8.11. The molecule has 0 saturated carbocycles. The van der Waals surface area contributed by atoms with Gasteiger partial charge in [-0.25, -0.2) is 0 Å². The molecule has 0 aliphatic carbocycles. The highest BCUT2D eigenvalue weighted by atomic mass is 16.5. The van der Waals surface area contributed by atoms with Gasteiger partial charge in [-0.3, -0.25) is 4.79 Å². The van der Waals surface area contributed by atoms with E-state index in [4.69, 9.17) is 8.94 Å². The standard InChI is InChI=1S/C17H22N2O4/c1-12-10-14(18-23-12)17(21)19-8-4-2-3-6-13(19)11-15(20)16-7-5-9-22-16/h5,7,9-10,13,15,20H,2-4,6,8,11H2,1H3. The van der Waals surface area contributed by atoms with Crippen molar-refractivity contribution in [3.8, 4) is 0 Å². The summed E-state index contributed by atoms with van der Waals surface area (Å²) in [6.45, 7) is 2.45. The number of aliphatic hydroxyl groups excluding tert-OH is 1. The molecule has 0 radical (unpaired) electrons. The summed E-state index contributed by atoms with van der Waals surface area (Å²) in [7, 11) is 0. The van der Waals surface area contributed by atoms with Crippen LogP contribution in [0.3, 0.4) is 0 Å². The number of hydrogen-bond acceptors (Lipinski definition) is 5. The monoisotopic (exact) mass is 318 g/mol. The van der Waals surface area contributed by atoms with Crippen molar-refractivity contribution in [2.45, 2.75) is 51.2 Å². The first-order valence-electron chi connectivity index (χ1n) is 8.11. The molecule has 2 unspecified atom stereocenters. The van der Waals surface area contributed by atoms with E-state index in [2.05, 4.69) is 5.16 Å². The second-order valence-electron chi connectivity index (χ2n) is 6.09. The molecule has 1 aliphatic rings. The molecular weight excluding hydrogens is 296 g/mol. The van der Waals surface area contributed by atoms with E-state index < -0.39 is 6.10 Å². The van der Waals surface area contributed by atoms with Crippen LogP contribution in [0.15, 0.2) is 33.4 Å². The largest absolute Gasteiger partial charge is 0.467 e. The second kappa shape index (κ2) is 7.00. The van der Waals surface area contributed by atoms with Gasteiger partial charge in [0.1, 0.15) is 17.6 Å². The molecule has 0 bridgehead atoms. The van der Waals surface area contributed by atoms with Gasteiger partial charge in [0, 0.05) is 25.1 Å². The number of furan rings is 1. The minimum absolute atomic E-state index is 0.0258. The van der Waals surface area contributed by atoms with Gasteiger partial charge < -0.3 is 18.9 Å². The van der Waals surface area contributed by atoms with E-state index in [-0.39, 0.29) is 11.9 Å². The van der Waals surface area contributed by atoms with Gasteiger partial charge in [0.05, 0.1) is 6.26 Å². The molecule has 124 valence electrons. The molecule has 3 rings (SSSR count). The normalized spacial score (nSPS) is 20.3. The second-order valence-corrected chi connectivity index (χ2v) is 6.09. The molecule has 1 amide bonds. The lowest BCUT2D eigenvalue weighted by atomic mass is 10.0. The minimum atomic E-state index is -0.706. The van der Waals surface area contributed by atoms with Crippen molar-refractivity contribution in [3.05, 3.63) is 41.7 Å². The van der Waals surface area contributed by atoms with Crippen LogP contribution in [-0.2, 0) is 0 Å². The Balaban J connectivity index is 1.75. The third-order valence-electron chi connectivity index (χ3n) is 4.35. The van der Waals surface area contributed by atoms with E-state index in [1.807, 2.05) is 4.90 Å². The van der Waals surface area contributed by atoms with Crippen molar-refractivity contribution >= 4 is 5.91 Å². The summed E-state index contributed by atoms with van der Waals surface area (Å²) in [5.41, 5.74) is 0.335. The number of nitrogens with zero attached hydrogens (tertiary/aromatic N) is 2. The van der Waals surface area contributed by atoms with E-state index in [9.17, 15) is 9.90 Å². The lowest BCUT2D eigenvalue weighted by molar-refractivity contribution is 0.0548. The highest BCUT2D eigenvalue weighted by Crippen LogP contribution is 2.27. The van der Waals surface area contributed by atoms with Gasteiger partial charge in [-0.15, -0.1) is 0 Å². The summed E-state index contributed by atoms with van der Waals surface area (Å²) in [6, 6.07) is 5.15. The summed E-state index contributed by atoms with van der Waals surface area (Å²) in [4.78, 5) is 14.6. The zero-order chi connectivity index (χ0) is 16.2. The average molecular weight is 318 g/mol. The average Bonchev–Trinajstić information content (AvgIpc) is 3.16. The van der Waals surface area contributed by atoms with Gasteiger partial charge in [0.25, 0.3) is 5.91 Å². The first-order chi connectivity index (χ1) is 11.1. The molecule has 0 aromatic carbocycles. The molecule has 2 atom stereocenters. The van der Waals surface area contributed by atoms with Crippen molar-refractivity contribution in [3.63, 3.8) is 0 Å². The lowest BCUT2D eigenvalue weighted by Gasteiger charge is -2.30. The lowest BCUT2D eigenvalue weighted by Crippen LogP contribution is -2.41. The molecule has 2 aromatic rings. The van der Waals surface area contributed by atoms with Crippen LogP contribution in [0.25, 0.3) is 0 Å². The highest BCUT2D eigenvalue weighted by molar-refractivity contribution is 5.92. The maximum atomic E-state index is 12.7. The molecule has 1 N–H and O–H groups in total. The predicted octanol–water partition coefficient (Wildman–Crippen LogP) is 3.08. The molecule has 23 heavy (non-hydrogen) atoms. The van der Waals surface area contributed by atoms with Gasteiger partial charge in [0.2, 0.25) is 0 Å². The molecule has 0 spiro atoms. The van der Waals surface area contributed by atoms with Crippen molar-refractivity contribution in [1.29, 1.82) is 0 Å².